The number of nitrogens with two attached hydrogens (primary N) is 3. The molecule has 2 aromatic carbocycles. The van der Waals surface area contributed by atoms with Crippen LogP contribution in [0.4, 0.5) is 36.0 Å². The Kier molecular flexibility index (Phi) is 14.1. The Bertz CT molecular complexity index is 2490. The number of hydrogen-bond acceptors (Lipinski definition) is 14. The molecule has 3 heterocycles. The van der Waals surface area contributed by atoms with E-state index in [1.807, 2.05) is 0 Å². The number of carbonyl (C=O) groups excluding carboxylic acids is 6. The number of amides is 5. The number of carbonyl (C=O) groups is 6. The molecule has 21 heteroatoms. The Labute approximate surface area is 354 Å². The zero-order valence-electron chi connectivity index (χ0n) is 34.8. The SMILES string of the molecule is CC(=O)c1cc(-c2ncc(-c3cnn(C(=O)OCc4ccc(NC(=O)[C@H](CCCNC(N)=O)NC(=O)[C@@H](NC(=O)OC(C)(C)C)C(C)C)cc4)c3)c3onc(N)c23)c(F)cc1N. The maximum Gasteiger partial charge on any atom is 0.435 e. The van der Waals surface area contributed by atoms with Crippen molar-refractivity contribution in [1.82, 2.24) is 35.9 Å². The number of halogens is 1. The fourth-order valence-electron chi connectivity index (χ4n) is 6.16. The van der Waals surface area contributed by atoms with E-state index in [9.17, 15) is 28.8 Å². The van der Waals surface area contributed by atoms with Crippen molar-refractivity contribution in [3.8, 4) is 22.4 Å². The summed E-state index contributed by atoms with van der Waals surface area (Å²) < 4.78 is 32.3. The predicted molar refractivity (Wildman–Crippen MR) is 225 cm³/mol. The van der Waals surface area contributed by atoms with Gasteiger partial charge in [0, 0.05) is 52.6 Å². The molecule has 5 amide bonds. The Morgan fingerprint density at radius 1 is 0.968 bits per heavy atom. The van der Waals surface area contributed by atoms with Crippen LogP contribution in [-0.2, 0) is 25.7 Å². The van der Waals surface area contributed by atoms with Crippen LogP contribution in [0, 0.1) is 11.7 Å². The topological polar surface area (TPSA) is 304 Å². The predicted octanol–water partition coefficient (Wildman–Crippen LogP) is 4.87. The molecule has 0 aliphatic rings. The molecule has 5 aromatic rings. The van der Waals surface area contributed by atoms with E-state index in [0.717, 1.165) is 10.7 Å². The molecular formula is C41H48FN11O9. The number of ketones is 1. The molecule has 0 saturated carbocycles. The van der Waals surface area contributed by atoms with Crippen LogP contribution >= 0.6 is 0 Å². The number of nitrogens with one attached hydrogen (secondary N) is 4. The van der Waals surface area contributed by atoms with Crippen LogP contribution in [-0.4, -0.2) is 80.0 Å². The lowest BCUT2D eigenvalue weighted by Gasteiger charge is -2.27. The van der Waals surface area contributed by atoms with E-state index in [1.165, 1.54) is 31.6 Å². The van der Waals surface area contributed by atoms with Gasteiger partial charge in [-0.25, -0.2) is 18.8 Å². The number of alkyl carbamates (subject to hydrolysis) is 1. The Hall–Kier alpha value is -7.58. The maximum atomic E-state index is 15.1. The van der Waals surface area contributed by atoms with Crippen LogP contribution < -0.4 is 38.5 Å². The smallest absolute Gasteiger partial charge is 0.435 e. The van der Waals surface area contributed by atoms with Crippen LogP contribution in [0.15, 0.2) is 59.5 Å². The molecule has 0 aliphatic carbocycles. The lowest BCUT2D eigenvalue weighted by molar-refractivity contribution is -0.128. The van der Waals surface area contributed by atoms with Gasteiger partial charge < -0.3 is 52.5 Å². The van der Waals surface area contributed by atoms with Crippen LogP contribution in [0.5, 0.6) is 0 Å². The lowest BCUT2D eigenvalue weighted by atomic mass is 9.99. The highest BCUT2D eigenvalue weighted by Gasteiger charge is 2.31. The van der Waals surface area contributed by atoms with E-state index in [0.29, 0.717) is 22.4 Å². The summed E-state index contributed by atoms with van der Waals surface area (Å²) in [6, 6.07) is 5.85. The molecule has 3 aromatic heterocycles. The van der Waals surface area contributed by atoms with Crippen molar-refractivity contribution >= 4 is 64.0 Å². The molecule has 0 spiro atoms. The van der Waals surface area contributed by atoms with Crippen molar-refractivity contribution in [3.63, 3.8) is 0 Å². The molecular weight excluding hydrogens is 810 g/mol. The number of ether oxygens (including phenoxy) is 2. The average molecular weight is 858 g/mol. The second-order valence-electron chi connectivity index (χ2n) is 15.5. The second-order valence-corrected chi connectivity index (χ2v) is 15.5. The van der Waals surface area contributed by atoms with E-state index in [1.54, 1.807) is 58.9 Å². The van der Waals surface area contributed by atoms with Crippen LogP contribution in [0.1, 0.15) is 70.3 Å². The number of aromatic nitrogens is 4. The average Bonchev–Trinajstić information content (AvgIpc) is 3.84. The first-order chi connectivity index (χ1) is 29.2. The van der Waals surface area contributed by atoms with Gasteiger partial charge in [-0.2, -0.15) is 9.78 Å². The molecule has 0 bridgehead atoms. The van der Waals surface area contributed by atoms with Crippen LogP contribution in [0.25, 0.3) is 33.4 Å². The number of nitrogens with zero attached hydrogens (tertiary/aromatic N) is 4. The fourth-order valence-corrected chi connectivity index (χ4v) is 6.16. The van der Waals surface area contributed by atoms with Crippen molar-refractivity contribution < 1.29 is 47.2 Å². The summed E-state index contributed by atoms with van der Waals surface area (Å²) in [5.41, 5.74) is 18.1. The first-order valence-electron chi connectivity index (χ1n) is 19.3. The third-order valence-corrected chi connectivity index (χ3v) is 9.18. The number of fused-ring (bicyclic) bond motifs is 1. The number of nitrogen functional groups attached to an aromatic ring is 2. The van der Waals surface area contributed by atoms with Gasteiger partial charge in [0.25, 0.3) is 0 Å². The zero-order valence-corrected chi connectivity index (χ0v) is 34.8. The summed E-state index contributed by atoms with van der Waals surface area (Å²) in [5, 5.41) is 18.5. The summed E-state index contributed by atoms with van der Waals surface area (Å²) in [6.45, 7) is 9.79. The van der Waals surface area contributed by atoms with Crippen LogP contribution in [0.2, 0.25) is 0 Å². The van der Waals surface area contributed by atoms with Crippen molar-refractivity contribution in [1.29, 1.82) is 0 Å². The number of pyridine rings is 1. The Balaban J connectivity index is 1.23. The van der Waals surface area contributed by atoms with Gasteiger partial charge in [-0.1, -0.05) is 31.1 Å². The van der Waals surface area contributed by atoms with E-state index < -0.39 is 53.5 Å². The van der Waals surface area contributed by atoms with E-state index >= 15 is 4.39 Å². The van der Waals surface area contributed by atoms with E-state index in [2.05, 4.69) is 36.5 Å². The second kappa shape index (κ2) is 19.2. The number of urea groups is 1. The zero-order chi connectivity index (χ0) is 45.5. The largest absolute Gasteiger partial charge is 0.444 e. The molecule has 0 saturated heterocycles. The third kappa shape index (κ3) is 11.4. The Morgan fingerprint density at radius 2 is 1.68 bits per heavy atom. The standard InChI is InChI=1S/C41H48FN11O9/c1-20(2)32(51-39(58)61-41(4,5)6)37(56)50-30(8-7-13-46-38(45)57)36(55)49-24-11-9-22(10-12-24)19-60-40(59)53-18-23(16-48-53)27-17-47-33(31-34(27)62-52-35(31)44)26-14-25(21(3)54)29(43)15-28(26)42/h9-12,14-18,20,30,32H,7-8,13,19,43H2,1-6H3,(H2,44,52)(H,49,55)(H,50,56)(H,51,58)(H3,45,46,57)/t30-,32-/m0/s1. The summed E-state index contributed by atoms with van der Waals surface area (Å²) in [7, 11) is 0. The number of hydrogen-bond donors (Lipinski definition) is 7. The minimum atomic E-state index is -1.07. The van der Waals surface area contributed by atoms with Gasteiger partial charge in [0.05, 0.1) is 17.3 Å². The third-order valence-electron chi connectivity index (χ3n) is 9.18. The van der Waals surface area contributed by atoms with Gasteiger partial charge in [-0.15, -0.1) is 0 Å². The van der Waals surface area contributed by atoms with Gasteiger partial charge >= 0.3 is 18.2 Å². The molecule has 0 unspecified atom stereocenters. The number of anilines is 3. The minimum Gasteiger partial charge on any atom is -0.444 e. The van der Waals surface area contributed by atoms with Gasteiger partial charge in [0.15, 0.2) is 17.2 Å². The molecule has 328 valence electrons. The molecule has 10 N–H and O–H groups in total. The number of rotatable bonds is 15. The highest BCUT2D eigenvalue weighted by molar-refractivity contribution is 6.07. The highest BCUT2D eigenvalue weighted by atomic mass is 19.1. The molecule has 0 aliphatic heterocycles. The van der Waals surface area contributed by atoms with Crippen molar-refractivity contribution in [2.45, 2.75) is 78.7 Å². The van der Waals surface area contributed by atoms with Crippen LogP contribution in [0.3, 0.4) is 0 Å². The molecule has 62 heavy (non-hydrogen) atoms. The van der Waals surface area contributed by atoms with Gasteiger partial charge in [-0.3, -0.25) is 19.4 Å². The molecule has 20 nitrogen and oxygen atoms in total. The first kappa shape index (κ1) is 45.5. The summed E-state index contributed by atoms with van der Waals surface area (Å²) >= 11 is 0. The summed E-state index contributed by atoms with van der Waals surface area (Å²) in [6.07, 6.45) is 2.86. The van der Waals surface area contributed by atoms with Crippen molar-refractivity contribution in [2.75, 3.05) is 23.3 Å². The van der Waals surface area contributed by atoms with Gasteiger partial charge in [0.2, 0.25) is 11.8 Å². The molecule has 0 radical (unpaired) electrons. The van der Waals surface area contributed by atoms with Crippen molar-refractivity contribution in [2.24, 2.45) is 11.7 Å². The summed E-state index contributed by atoms with van der Waals surface area (Å²) in [4.78, 5) is 80.0. The monoisotopic (exact) mass is 857 g/mol. The Morgan fingerprint density at radius 3 is 2.32 bits per heavy atom. The van der Waals surface area contributed by atoms with Gasteiger partial charge in [-0.05, 0) is 76.3 Å². The van der Waals surface area contributed by atoms with Crippen molar-refractivity contribution in [3.05, 3.63) is 71.9 Å². The first-order valence-corrected chi connectivity index (χ1v) is 19.3. The highest BCUT2D eigenvalue weighted by Crippen LogP contribution is 2.38. The van der Waals surface area contributed by atoms with Gasteiger partial charge in [0.1, 0.15) is 30.1 Å². The maximum absolute atomic E-state index is 15.1. The lowest BCUT2D eigenvalue weighted by Crippen LogP contribution is -2.55. The summed E-state index contributed by atoms with van der Waals surface area (Å²) in [5.74, 6) is -2.75. The minimum absolute atomic E-state index is 0.0309. The fraction of sp³-hybridized carbons (Fsp3) is 0.341. The molecule has 2 atom stereocenters. The quantitative estimate of drug-likeness (QED) is 0.0420. The number of primary amides is 1. The van der Waals surface area contributed by atoms with E-state index in [-0.39, 0.29) is 77.0 Å². The molecule has 5 rings (SSSR count). The normalized spacial score (nSPS) is 12.3. The molecule has 0 fully saturated rings. The van der Waals surface area contributed by atoms with E-state index in [4.69, 9.17) is 31.2 Å². The number of benzene rings is 2. The number of Topliss-reactive ketones (excluding diaryl/α,β-unsaturated/α-hetero) is 1.